The summed E-state index contributed by atoms with van der Waals surface area (Å²) in [6.45, 7) is 4.28. The number of ether oxygens (including phenoxy) is 1. The second kappa shape index (κ2) is 6.62. The Hall–Kier alpha value is -2.34. The number of fused-ring (bicyclic) bond motifs is 1. The lowest BCUT2D eigenvalue weighted by atomic mass is 10.2. The number of nitrogens with zero attached hydrogens (tertiary/aromatic N) is 1. The van der Waals surface area contributed by atoms with E-state index >= 15 is 0 Å². The summed E-state index contributed by atoms with van der Waals surface area (Å²) >= 11 is 0. The van der Waals surface area contributed by atoms with Crippen LogP contribution in [-0.2, 0) is 4.79 Å². The molecule has 2 rings (SSSR count). The number of anilines is 1. The number of benzene rings is 1. The smallest absolute Gasteiger partial charge is 0.221 e. The maximum Gasteiger partial charge on any atom is 0.221 e. The van der Waals surface area contributed by atoms with Gasteiger partial charge in [0.1, 0.15) is 12.4 Å². The summed E-state index contributed by atoms with van der Waals surface area (Å²) in [6, 6.07) is 5.39. The number of carbonyl (C=O) groups is 2. The molecule has 118 valence electrons. The van der Waals surface area contributed by atoms with Crippen LogP contribution < -0.4 is 10.1 Å². The van der Waals surface area contributed by atoms with Crippen LogP contribution in [0.3, 0.4) is 0 Å². The van der Waals surface area contributed by atoms with E-state index in [2.05, 4.69) is 10.3 Å². The molecule has 0 fully saturated rings. The molecule has 1 aromatic carbocycles. The van der Waals surface area contributed by atoms with E-state index in [1.807, 2.05) is 25.1 Å². The van der Waals surface area contributed by atoms with E-state index in [0.29, 0.717) is 23.7 Å². The lowest BCUT2D eigenvalue weighted by Gasteiger charge is -2.12. The van der Waals surface area contributed by atoms with Gasteiger partial charge in [0, 0.05) is 31.8 Å². The Bertz CT molecular complexity index is 704. The summed E-state index contributed by atoms with van der Waals surface area (Å²) in [5.74, 6) is 0.429. The number of hydrogen-bond acceptors (Lipinski definition) is 4. The van der Waals surface area contributed by atoms with Crippen molar-refractivity contribution in [2.24, 2.45) is 0 Å². The number of hydrogen-bond donors (Lipinski definition) is 2. The minimum absolute atomic E-state index is 0.0555. The van der Waals surface area contributed by atoms with Gasteiger partial charge in [0.05, 0.1) is 16.9 Å². The fourth-order valence-corrected chi connectivity index (χ4v) is 2.12. The Balaban J connectivity index is 2.37. The van der Waals surface area contributed by atoms with Crippen LogP contribution in [0.25, 0.3) is 10.9 Å². The zero-order chi connectivity index (χ0) is 16.3. The number of nitrogens with one attached hydrogen (secondary N) is 2. The van der Waals surface area contributed by atoms with E-state index in [1.54, 1.807) is 12.1 Å². The maximum absolute atomic E-state index is 11.5. The molecule has 22 heavy (non-hydrogen) atoms. The largest absolute Gasteiger partial charge is 0.492 e. The number of aromatic amines is 1. The third-order valence-corrected chi connectivity index (χ3v) is 3.20. The molecule has 1 amide bonds. The van der Waals surface area contributed by atoms with Gasteiger partial charge in [-0.25, -0.2) is 0 Å². The van der Waals surface area contributed by atoms with Crippen molar-refractivity contribution in [2.75, 3.05) is 32.6 Å². The van der Waals surface area contributed by atoms with Gasteiger partial charge in [0.15, 0.2) is 5.78 Å². The topological polar surface area (TPSA) is 74.4 Å². The molecule has 2 N–H and O–H groups in total. The highest BCUT2D eigenvalue weighted by Gasteiger charge is 2.12. The van der Waals surface area contributed by atoms with Gasteiger partial charge < -0.3 is 19.9 Å². The number of Topliss-reactive ketones (excluding diaryl/α,β-unsaturated/α-hetero) is 1. The summed E-state index contributed by atoms with van der Waals surface area (Å²) in [7, 11) is 3.95. The van der Waals surface area contributed by atoms with Crippen LogP contribution in [0.4, 0.5) is 5.69 Å². The van der Waals surface area contributed by atoms with Crippen molar-refractivity contribution in [2.45, 2.75) is 13.8 Å². The number of amides is 1. The molecule has 0 saturated carbocycles. The zero-order valence-electron chi connectivity index (χ0n) is 13.3. The fourth-order valence-electron chi connectivity index (χ4n) is 2.12. The summed E-state index contributed by atoms with van der Waals surface area (Å²) < 4.78 is 5.73. The van der Waals surface area contributed by atoms with E-state index in [0.717, 1.165) is 17.4 Å². The molecule has 0 aliphatic rings. The van der Waals surface area contributed by atoms with Gasteiger partial charge in [0.25, 0.3) is 0 Å². The average molecular weight is 303 g/mol. The van der Waals surface area contributed by atoms with Crippen molar-refractivity contribution in [1.82, 2.24) is 9.88 Å². The first-order valence-electron chi connectivity index (χ1n) is 7.09. The van der Waals surface area contributed by atoms with Gasteiger partial charge in [-0.2, -0.15) is 0 Å². The van der Waals surface area contributed by atoms with Crippen molar-refractivity contribution < 1.29 is 14.3 Å². The SMILES string of the molecule is CC(=O)Nc1cc(OCCN(C)C)cc2cc(C(C)=O)[nH]c12. The number of aromatic nitrogens is 1. The molecule has 0 spiro atoms. The van der Waals surface area contributed by atoms with Gasteiger partial charge in [-0.15, -0.1) is 0 Å². The number of ketones is 1. The summed E-state index contributed by atoms with van der Waals surface area (Å²) in [5.41, 5.74) is 1.84. The second-order valence-corrected chi connectivity index (χ2v) is 5.51. The predicted molar refractivity (Wildman–Crippen MR) is 86.7 cm³/mol. The summed E-state index contributed by atoms with van der Waals surface area (Å²) in [4.78, 5) is 28.0. The third-order valence-electron chi connectivity index (χ3n) is 3.20. The van der Waals surface area contributed by atoms with Gasteiger partial charge >= 0.3 is 0 Å². The van der Waals surface area contributed by atoms with Gasteiger partial charge in [0.2, 0.25) is 5.91 Å². The van der Waals surface area contributed by atoms with Gasteiger partial charge in [-0.05, 0) is 26.2 Å². The van der Waals surface area contributed by atoms with Crippen molar-refractivity contribution in [1.29, 1.82) is 0 Å². The van der Waals surface area contributed by atoms with Crippen molar-refractivity contribution in [3.8, 4) is 5.75 Å². The van der Waals surface area contributed by atoms with Crippen LogP contribution in [0.1, 0.15) is 24.3 Å². The number of H-pyrrole nitrogens is 1. The Kier molecular flexibility index (Phi) is 4.82. The number of likely N-dealkylation sites (N-methyl/N-ethyl adjacent to an activating group) is 1. The number of carbonyl (C=O) groups excluding carboxylic acids is 2. The molecule has 0 radical (unpaired) electrons. The van der Waals surface area contributed by atoms with Crippen molar-refractivity contribution >= 4 is 28.3 Å². The van der Waals surface area contributed by atoms with Crippen LogP contribution in [0.5, 0.6) is 5.75 Å². The minimum Gasteiger partial charge on any atom is -0.492 e. The maximum atomic E-state index is 11.5. The average Bonchev–Trinajstić information content (AvgIpc) is 2.82. The minimum atomic E-state index is -0.175. The quantitative estimate of drug-likeness (QED) is 0.803. The molecular weight excluding hydrogens is 282 g/mol. The highest BCUT2D eigenvalue weighted by Crippen LogP contribution is 2.30. The van der Waals surface area contributed by atoms with Crippen molar-refractivity contribution in [3.05, 3.63) is 23.9 Å². The molecule has 0 aliphatic carbocycles. The molecule has 0 aliphatic heterocycles. The lowest BCUT2D eigenvalue weighted by molar-refractivity contribution is -0.114. The highest BCUT2D eigenvalue weighted by molar-refractivity contribution is 6.05. The Morgan fingerprint density at radius 3 is 2.55 bits per heavy atom. The summed E-state index contributed by atoms with van der Waals surface area (Å²) in [5, 5.41) is 3.60. The first-order valence-corrected chi connectivity index (χ1v) is 7.09. The molecule has 0 bridgehead atoms. The van der Waals surface area contributed by atoms with E-state index < -0.39 is 0 Å². The van der Waals surface area contributed by atoms with E-state index in [9.17, 15) is 9.59 Å². The molecule has 6 nitrogen and oxygen atoms in total. The molecule has 6 heteroatoms. The molecule has 1 heterocycles. The Morgan fingerprint density at radius 1 is 1.23 bits per heavy atom. The molecule has 1 aromatic heterocycles. The van der Waals surface area contributed by atoms with Gasteiger partial charge in [-0.1, -0.05) is 0 Å². The van der Waals surface area contributed by atoms with E-state index in [4.69, 9.17) is 4.74 Å². The van der Waals surface area contributed by atoms with Crippen LogP contribution in [0, 0.1) is 0 Å². The Labute approximate surface area is 129 Å². The predicted octanol–water partition coefficient (Wildman–Crippen LogP) is 2.27. The normalized spacial score (nSPS) is 11.0. The molecule has 0 saturated heterocycles. The first-order chi connectivity index (χ1) is 10.4. The first kappa shape index (κ1) is 16.0. The van der Waals surface area contributed by atoms with E-state index in [1.165, 1.54) is 13.8 Å². The standard InChI is InChI=1S/C16H21N3O3/c1-10(20)14-8-12-7-13(22-6-5-19(3)4)9-15(16(12)18-14)17-11(2)21/h7-9,18H,5-6H2,1-4H3,(H,17,21). The monoisotopic (exact) mass is 303 g/mol. The highest BCUT2D eigenvalue weighted by atomic mass is 16.5. The fraction of sp³-hybridized carbons (Fsp3) is 0.375. The van der Waals surface area contributed by atoms with Crippen LogP contribution in [0.15, 0.2) is 18.2 Å². The van der Waals surface area contributed by atoms with Crippen LogP contribution >= 0.6 is 0 Å². The Morgan fingerprint density at radius 2 is 1.95 bits per heavy atom. The second-order valence-electron chi connectivity index (χ2n) is 5.51. The lowest BCUT2D eigenvalue weighted by Crippen LogP contribution is -2.19. The zero-order valence-corrected chi connectivity index (χ0v) is 13.3. The van der Waals surface area contributed by atoms with Crippen LogP contribution in [0.2, 0.25) is 0 Å². The van der Waals surface area contributed by atoms with Crippen molar-refractivity contribution in [3.63, 3.8) is 0 Å². The summed E-state index contributed by atoms with van der Waals surface area (Å²) in [6.07, 6.45) is 0. The third kappa shape index (κ3) is 3.85. The molecule has 2 aromatic rings. The number of rotatable bonds is 6. The molecular formula is C16H21N3O3. The van der Waals surface area contributed by atoms with Crippen LogP contribution in [-0.4, -0.2) is 48.8 Å². The molecule has 0 atom stereocenters. The van der Waals surface area contributed by atoms with Gasteiger partial charge in [-0.3, -0.25) is 9.59 Å². The van der Waals surface area contributed by atoms with E-state index in [-0.39, 0.29) is 11.7 Å². The molecule has 0 unspecified atom stereocenters.